The average Bonchev–Trinajstić information content (AvgIpc) is 3.09. The zero-order valence-corrected chi connectivity index (χ0v) is 22.6. The van der Waals surface area contributed by atoms with Gasteiger partial charge in [-0.15, -0.1) is 0 Å². The number of benzene rings is 1. The van der Waals surface area contributed by atoms with E-state index in [9.17, 15) is 18.4 Å². The fourth-order valence-electron chi connectivity index (χ4n) is 4.73. The minimum Gasteiger partial charge on any atom is -0.487 e. The van der Waals surface area contributed by atoms with Crippen LogP contribution >= 0.6 is 11.6 Å². The van der Waals surface area contributed by atoms with E-state index < -0.39 is 29.9 Å². The number of alkyl halides is 2. The SMILES string of the molecule is CC1CCC(=O)N1CC1c2c(OC/C(N)=C(\C(F)F)N(C)N)ccc(Cl)c2CCN1C(=O)OC(C)(C)C. The Morgan fingerprint density at radius 3 is 2.51 bits per heavy atom. The molecule has 12 heteroatoms. The number of hydrogen-bond acceptors (Lipinski definition) is 7. The third kappa shape index (κ3) is 6.56. The molecule has 1 aromatic rings. The van der Waals surface area contributed by atoms with Crippen molar-refractivity contribution in [2.45, 2.75) is 71.1 Å². The van der Waals surface area contributed by atoms with Crippen molar-refractivity contribution >= 4 is 23.6 Å². The molecule has 1 saturated heterocycles. The Labute approximate surface area is 221 Å². The van der Waals surface area contributed by atoms with Crippen LogP contribution in [-0.4, -0.2) is 71.6 Å². The minimum absolute atomic E-state index is 0.00538. The second-order valence-electron chi connectivity index (χ2n) is 10.4. The lowest BCUT2D eigenvalue weighted by Gasteiger charge is -2.41. The average molecular weight is 544 g/mol. The lowest BCUT2D eigenvalue weighted by atomic mass is 9.91. The highest BCUT2D eigenvalue weighted by Crippen LogP contribution is 2.42. The predicted octanol–water partition coefficient (Wildman–Crippen LogP) is 3.80. The van der Waals surface area contributed by atoms with E-state index in [0.717, 1.165) is 10.6 Å². The van der Waals surface area contributed by atoms with Crippen LogP contribution in [-0.2, 0) is 16.0 Å². The maximum absolute atomic E-state index is 13.5. The number of ether oxygens (including phenoxy) is 2. The summed E-state index contributed by atoms with van der Waals surface area (Å²) in [5.41, 5.74) is 5.76. The summed E-state index contributed by atoms with van der Waals surface area (Å²) in [6.45, 7) is 7.46. The number of hydrogen-bond donors (Lipinski definition) is 2. The number of carbonyl (C=O) groups excluding carboxylic acids is 2. The van der Waals surface area contributed by atoms with Crippen molar-refractivity contribution in [2.24, 2.45) is 11.6 Å². The molecule has 1 aromatic carbocycles. The van der Waals surface area contributed by atoms with E-state index in [1.54, 1.807) is 42.7 Å². The normalized spacial score (nSPS) is 20.6. The summed E-state index contributed by atoms with van der Waals surface area (Å²) < 4.78 is 38.5. The minimum atomic E-state index is -2.89. The number of allylic oxidation sites excluding steroid dienone is 1. The van der Waals surface area contributed by atoms with Crippen molar-refractivity contribution in [3.05, 3.63) is 39.7 Å². The van der Waals surface area contributed by atoms with Crippen molar-refractivity contribution < 1.29 is 27.8 Å². The summed E-state index contributed by atoms with van der Waals surface area (Å²) >= 11 is 6.56. The first-order valence-electron chi connectivity index (χ1n) is 12.2. The maximum Gasteiger partial charge on any atom is 0.410 e. The lowest BCUT2D eigenvalue weighted by Crippen LogP contribution is -2.48. The van der Waals surface area contributed by atoms with E-state index in [0.29, 0.717) is 42.1 Å². The Morgan fingerprint density at radius 1 is 1.30 bits per heavy atom. The molecular formula is C25H36ClF2N5O4. The number of likely N-dealkylation sites (tertiary alicyclic amines) is 1. The highest BCUT2D eigenvalue weighted by Gasteiger charge is 2.40. The predicted molar refractivity (Wildman–Crippen MR) is 136 cm³/mol. The van der Waals surface area contributed by atoms with Gasteiger partial charge in [-0.25, -0.2) is 19.4 Å². The summed E-state index contributed by atoms with van der Waals surface area (Å²) in [6, 6.07) is 2.63. The standard InChI is InChI=1S/C25H36ClF2N5O4/c1-14-6-9-20(34)33(14)12-18-21-15(10-11-32(18)24(35)37-25(2,3)4)16(26)7-8-19(21)36-13-17(29)22(23(27)28)31(5)30/h7-8,14,18,23H,6,9-13,29-30H2,1-5H3/b22-17-. The number of nitrogens with zero attached hydrogens (tertiary/aromatic N) is 3. The summed E-state index contributed by atoms with van der Waals surface area (Å²) in [5.74, 6) is 5.85. The van der Waals surface area contributed by atoms with Crippen molar-refractivity contribution in [1.82, 2.24) is 14.8 Å². The molecule has 2 atom stereocenters. The lowest BCUT2D eigenvalue weighted by molar-refractivity contribution is -0.129. The smallest absolute Gasteiger partial charge is 0.410 e. The first-order chi connectivity index (χ1) is 17.2. The van der Waals surface area contributed by atoms with Crippen LogP contribution in [0, 0.1) is 0 Å². The fraction of sp³-hybridized carbons (Fsp3) is 0.600. The molecular weight excluding hydrogens is 508 g/mol. The Balaban J connectivity index is 2.05. The monoisotopic (exact) mass is 543 g/mol. The third-order valence-corrected chi connectivity index (χ3v) is 6.85. The number of nitrogens with two attached hydrogens (primary N) is 2. The topological polar surface area (TPSA) is 114 Å². The quantitative estimate of drug-likeness (QED) is 0.397. The molecule has 0 saturated carbocycles. The molecule has 0 aromatic heterocycles. The Morgan fingerprint density at radius 2 is 1.97 bits per heavy atom. The maximum atomic E-state index is 13.5. The van der Waals surface area contributed by atoms with Crippen molar-refractivity contribution in [2.75, 3.05) is 26.7 Å². The molecule has 1 fully saturated rings. The molecule has 3 rings (SSSR count). The number of carbonyl (C=O) groups is 2. The van der Waals surface area contributed by atoms with Gasteiger partial charge < -0.3 is 25.1 Å². The Bertz CT molecular complexity index is 1050. The highest BCUT2D eigenvalue weighted by atomic mass is 35.5. The van der Waals surface area contributed by atoms with E-state index in [2.05, 4.69) is 0 Å². The van der Waals surface area contributed by atoms with E-state index in [-0.39, 0.29) is 30.8 Å². The fourth-order valence-corrected chi connectivity index (χ4v) is 4.99. The van der Waals surface area contributed by atoms with Gasteiger partial charge in [0.05, 0.1) is 11.7 Å². The van der Waals surface area contributed by atoms with Crippen LogP contribution in [0.15, 0.2) is 23.5 Å². The van der Waals surface area contributed by atoms with Crippen LogP contribution in [0.3, 0.4) is 0 Å². The van der Waals surface area contributed by atoms with Gasteiger partial charge in [0, 0.05) is 43.2 Å². The largest absolute Gasteiger partial charge is 0.487 e. The summed E-state index contributed by atoms with van der Waals surface area (Å²) in [4.78, 5) is 29.3. The summed E-state index contributed by atoms with van der Waals surface area (Å²) in [5, 5.41) is 1.24. The van der Waals surface area contributed by atoms with Crippen LogP contribution in [0.4, 0.5) is 13.6 Å². The second kappa shape index (κ2) is 11.3. The van der Waals surface area contributed by atoms with Crippen LogP contribution < -0.4 is 16.3 Å². The third-order valence-electron chi connectivity index (χ3n) is 6.50. The number of hydrazine groups is 1. The van der Waals surface area contributed by atoms with Gasteiger partial charge >= 0.3 is 6.09 Å². The van der Waals surface area contributed by atoms with E-state index in [1.807, 2.05) is 6.92 Å². The molecule has 9 nitrogen and oxygen atoms in total. The molecule has 4 N–H and O–H groups in total. The molecule has 0 spiro atoms. The van der Waals surface area contributed by atoms with Crippen LogP contribution in [0.2, 0.25) is 5.02 Å². The summed E-state index contributed by atoms with van der Waals surface area (Å²) in [7, 11) is 1.27. The molecule has 2 aliphatic heterocycles. The first kappa shape index (κ1) is 28.8. The zero-order chi connectivity index (χ0) is 27.7. The van der Waals surface area contributed by atoms with Gasteiger partial charge in [0.2, 0.25) is 5.91 Å². The van der Waals surface area contributed by atoms with Crippen molar-refractivity contribution in [1.29, 1.82) is 0 Å². The van der Waals surface area contributed by atoms with Gasteiger partial charge in [0.25, 0.3) is 6.43 Å². The highest BCUT2D eigenvalue weighted by molar-refractivity contribution is 6.31. The Kier molecular flexibility index (Phi) is 8.79. The van der Waals surface area contributed by atoms with Gasteiger partial charge in [0.15, 0.2) is 0 Å². The summed E-state index contributed by atoms with van der Waals surface area (Å²) in [6.07, 6.45) is -1.86. The molecule has 0 radical (unpaired) electrons. The van der Waals surface area contributed by atoms with Crippen LogP contribution in [0.25, 0.3) is 0 Å². The zero-order valence-electron chi connectivity index (χ0n) is 21.9. The van der Waals surface area contributed by atoms with E-state index >= 15 is 0 Å². The number of rotatable bonds is 7. The molecule has 2 aliphatic rings. The number of fused-ring (bicyclic) bond motifs is 1. The van der Waals surface area contributed by atoms with Crippen molar-refractivity contribution in [3.63, 3.8) is 0 Å². The van der Waals surface area contributed by atoms with Gasteiger partial charge in [-0.2, -0.15) is 0 Å². The van der Waals surface area contributed by atoms with Gasteiger partial charge in [0.1, 0.15) is 23.7 Å². The number of halogens is 3. The molecule has 37 heavy (non-hydrogen) atoms. The molecule has 2 heterocycles. The number of amides is 2. The van der Waals surface area contributed by atoms with Crippen LogP contribution in [0.5, 0.6) is 5.75 Å². The van der Waals surface area contributed by atoms with E-state index in [4.69, 9.17) is 32.7 Å². The van der Waals surface area contributed by atoms with Gasteiger partial charge in [-0.05, 0) is 58.2 Å². The first-order valence-corrected chi connectivity index (χ1v) is 12.6. The van der Waals surface area contributed by atoms with Crippen molar-refractivity contribution in [3.8, 4) is 5.75 Å². The molecule has 2 amide bonds. The molecule has 0 bridgehead atoms. The molecule has 2 unspecified atom stereocenters. The second-order valence-corrected chi connectivity index (χ2v) is 10.8. The molecule has 0 aliphatic carbocycles. The van der Waals surface area contributed by atoms with E-state index in [1.165, 1.54) is 7.05 Å². The van der Waals surface area contributed by atoms with Gasteiger partial charge in [-0.3, -0.25) is 9.69 Å². The molecule has 206 valence electrons. The van der Waals surface area contributed by atoms with Gasteiger partial charge in [-0.1, -0.05) is 11.6 Å². The Hall–Kier alpha value is -2.79. The van der Waals surface area contributed by atoms with Crippen LogP contribution in [0.1, 0.15) is 57.7 Å².